The van der Waals surface area contributed by atoms with Gasteiger partial charge in [-0.1, -0.05) is 36.9 Å². The Bertz CT molecular complexity index is 912. The first kappa shape index (κ1) is 17.5. The largest absolute Gasteiger partial charge is 0.493 e. The van der Waals surface area contributed by atoms with Gasteiger partial charge in [0.1, 0.15) is 6.61 Å². The van der Waals surface area contributed by atoms with Gasteiger partial charge in [0, 0.05) is 5.56 Å². The lowest BCUT2D eigenvalue weighted by Crippen LogP contribution is -2.06. The van der Waals surface area contributed by atoms with Crippen LogP contribution >= 0.6 is 0 Å². The minimum Gasteiger partial charge on any atom is -0.493 e. The predicted octanol–water partition coefficient (Wildman–Crippen LogP) is 3.91. The summed E-state index contributed by atoms with van der Waals surface area (Å²) in [5.41, 5.74) is 2.79. The molecule has 0 N–H and O–H groups in total. The summed E-state index contributed by atoms with van der Waals surface area (Å²) in [6.07, 6.45) is 3.32. The molecule has 5 nitrogen and oxygen atoms in total. The quantitative estimate of drug-likeness (QED) is 0.451. The first-order valence-corrected chi connectivity index (χ1v) is 8.12. The first-order valence-electron chi connectivity index (χ1n) is 8.12. The summed E-state index contributed by atoms with van der Waals surface area (Å²) in [5.74, 6) is 1.01. The Morgan fingerprint density at radius 1 is 1.19 bits per heavy atom. The van der Waals surface area contributed by atoms with E-state index in [2.05, 4.69) is 11.6 Å². The number of nitrogens with zero attached hydrogens (tertiary/aromatic N) is 1. The molecular weight excluding hydrogens is 330 g/mol. The number of esters is 1. The number of cyclic esters (lactones) is 1. The van der Waals surface area contributed by atoms with Gasteiger partial charge in [-0.05, 0) is 42.3 Å². The predicted molar refractivity (Wildman–Crippen MR) is 100 cm³/mol. The van der Waals surface area contributed by atoms with E-state index in [1.165, 1.54) is 0 Å². The molecule has 0 aliphatic carbocycles. The Morgan fingerprint density at radius 2 is 2.00 bits per heavy atom. The standard InChI is InChI=1S/C21H19NO4/c1-4-11-25-18-10-9-15(13-19(18)24-3)12-17-21(23)26-20(22-17)16-8-6-5-7-14(16)2/h4-10,12-13H,1,11H2,2-3H3/b17-12-. The number of aliphatic imine (C=N–C) groups is 1. The van der Waals surface area contributed by atoms with E-state index in [4.69, 9.17) is 14.2 Å². The molecule has 0 amide bonds. The molecule has 5 heteroatoms. The highest BCUT2D eigenvalue weighted by Gasteiger charge is 2.25. The van der Waals surface area contributed by atoms with Crippen LogP contribution in [-0.4, -0.2) is 25.6 Å². The fourth-order valence-corrected chi connectivity index (χ4v) is 2.54. The molecule has 26 heavy (non-hydrogen) atoms. The minimum absolute atomic E-state index is 0.241. The van der Waals surface area contributed by atoms with E-state index < -0.39 is 5.97 Å². The first-order chi connectivity index (χ1) is 12.6. The number of ether oxygens (including phenoxy) is 3. The fraction of sp³-hybridized carbons (Fsp3) is 0.143. The topological polar surface area (TPSA) is 57.1 Å². The zero-order valence-corrected chi connectivity index (χ0v) is 14.7. The summed E-state index contributed by atoms with van der Waals surface area (Å²) >= 11 is 0. The van der Waals surface area contributed by atoms with Crippen molar-refractivity contribution in [3.05, 3.63) is 77.5 Å². The van der Waals surface area contributed by atoms with Gasteiger partial charge in [-0.2, -0.15) is 0 Å². The van der Waals surface area contributed by atoms with Crippen molar-refractivity contribution in [2.24, 2.45) is 4.99 Å². The molecule has 132 valence electrons. The molecule has 1 heterocycles. The van der Waals surface area contributed by atoms with Crippen LogP contribution in [0.25, 0.3) is 6.08 Å². The highest BCUT2D eigenvalue weighted by Crippen LogP contribution is 2.30. The van der Waals surface area contributed by atoms with Gasteiger partial charge in [0.15, 0.2) is 17.2 Å². The average molecular weight is 349 g/mol. The van der Waals surface area contributed by atoms with E-state index in [1.807, 2.05) is 37.3 Å². The van der Waals surface area contributed by atoms with Gasteiger partial charge in [0.05, 0.1) is 7.11 Å². The second-order valence-electron chi connectivity index (χ2n) is 5.66. The highest BCUT2D eigenvalue weighted by atomic mass is 16.6. The molecule has 1 aliphatic heterocycles. The van der Waals surface area contributed by atoms with E-state index in [-0.39, 0.29) is 5.70 Å². The smallest absolute Gasteiger partial charge is 0.363 e. The van der Waals surface area contributed by atoms with E-state index in [0.717, 1.165) is 16.7 Å². The molecule has 0 saturated heterocycles. The van der Waals surface area contributed by atoms with Crippen molar-refractivity contribution >= 4 is 17.9 Å². The van der Waals surface area contributed by atoms with Gasteiger partial charge < -0.3 is 14.2 Å². The van der Waals surface area contributed by atoms with Crippen molar-refractivity contribution in [2.75, 3.05) is 13.7 Å². The lowest BCUT2D eigenvalue weighted by Gasteiger charge is -2.09. The number of methoxy groups -OCH3 is 1. The summed E-state index contributed by atoms with van der Waals surface area (Å²) in [4.78, 5) is 16.5. The molecule has 0 bridgehead atoms. The van der Waals surface area contributed by atoms with Gasteiger partial charge >= 0.3 is 5.97 Å². The number of rotatable bonds is 6. The zero-order chi connectivity index (χ0) is 18.5. The van der Waals surface area contributed by atoms with Crippen LogP contribution in [0.1, 0.15) is 16.7 Å². The molecule has 2 aromatic rings. The molecule has 3 rings (SSSR count). The van der Waals surface area contributed by atoms with Crippen LogP contribution in [0.5, 0.6) is 11.5 Å². The molecular formula is C21H19NO4. The Labute approximate surface area is 152 Å². The number of carbonyl (C=O) groups is 1. The minimum atomic E-state index is -0.478. The molecule has 0 saturated carbocycles. The maximum Gasteiger partial charge on any atom is 0.363 e. The van der Waals surface area contributed by atoms with E-state index in [0.29, 0.717) is 24.0 Å². The van der Waals surface area contributed by atoms with Crippen molar-refractivity contribution in [2.45, 2.75) is 6.92 Å². The molecule has 0 fully saturated rings. The van der Waals surface area contributed by atoms with Gasteiger partial charge in [-0.3, -0.25) is 0 Å². The summed E-state index contributed by atoms with van der Waals surface area (Å²) in [7, 11) is 1.56. The van der Waals surface area contributed by atoms with Gasteiger partial charge in [0.2, 0.25) is 5.90 Å². The van der Waals surface area contributed by atoms with Crippen LogP contribution in [-0.2, 0) is 9.53 Å². The zero-order valence-electron chi connectivity index (χ0n) is 14.7. The molecule has 2 aromatic carbocycles. The average Bonchev–Trinajstić information content (AvgIpc) is 3.01. The van der Waals surface area contributed by atoms with Crippen molar-refractivity contribution in [1.29, 1.82) is 0 Å². The van der Waals surface area contributed by atoms with Gasteiger partial charge in [-0.25, -0.2) is 9.79 Å². The Hall–Kier alpha value is -3.34. The summed E-state index contributed by atoms with van der Waals surface area (Å²) < 4.78 is 16.2. The highest BCUT2D eigenvalue weighted by molar-refractivity contribution is 6.13. The normalized spacial score (nSPS) is 14.8. The van der Waals surface area contributed by atoms with E-state index in [1.54, 1.807) is 31.4 Å². The van der Waals surface area contributed by atoms with Crippen LogP contribution in [0.4, 0.5) is 0 Å². The molecule has 1 aliphatic rings. The maximum absolute atomic E-state index is 12.2. The van der Waals surface area contributed by atoms with E-state index in [9.17, 15) is 4.79 Å². The van der Waals surface area contributed by atoms with E-state index >= 15 is 0 Å². The van der Waals surface area contributed by atoms with Crippen LogP contribution in [0.15, 0.2) is 65.8 Å². The SMILES string of the molecule is C=CCOc1ccc(/C=C2\N=C(c3ccccc3C)OC2=O)cc1OC. The van der Waals surface area contributed by atoms with Crippen LogP contribution in [0, 0.1) is 6.92 Å². The van der Waals surface area contributed by atoms with Crippen molar-refractivity contribution in [3.8, 4) is 11.5 Å². The molecule has 0 unspecified atom stereocenters. The Morgan fingerprint density at radius 3 is 2.73 bits per heavy atom. The number of carbonyl (C=O) groups excluding carboxylic acids is 1. The molecule has 0 spiro atoms. The van der Waals surface area contributed by atoms with Crippen LogP contribution in [0.2, 0.25) is 0 Å². The van der Waals surface area contributed by atoms with Gasteiger partial charge in [-0.15, -0.1) is 0 Å². The van der Waals surface area contributed by atoms with Crippen molar-refractivity contribution in [1.82, 2.24) is 0 Å². The number of aryl methyl sites for hydroxylation is 1. The fourth-order valence-electron chi connectivity index (χ4n) is 2.54. The lowest BCUT2D eigenvalue weighted by atomic mass is 10.1. The van der Waals surface area contributed by atoms with Crippen molar-refractivity contribution < 1.29 is 19.0 Å². The third-order valence-corrected chi connectivity index (χ3v) is 3.84. The molecule has 0 aromatic heterocycles. The third-order valence-electron chi connectivity index (χ3n) is 3.84. The summed E-state index contributed by atoms with van der Waals surface area (Å²) in [5, 5.41) is 0. The van der Waals surface area contributed by atoms with Gasteiger partial charge in [0.25, 0.3) is 0 Å². The summed E-state index contributed by atoms with van der Waals surface area (Å²) in [6, 6.07) is 13.0. The van der Waals surface area contributed by atoms with Crippen LogP contribution in [0.3, 0.4) is 0 Å². The number of benzene rings is 2. The van der Waals surface area contributed by atoms with Crippen LogP contribution < -0.4 is 9.47 Å². The monoisotopic (exact) mass is 349 g/mol. The number of hydrogen-bond donors (Lipinski definition) is 0. The summed E-state index contributed by atoms with van der Waals surface area (Å²) in [6.45, 7) is 5.95. The second-order valence-corrected chi connectivity index (χ2v) is 5.66. The Balaban J connectivity index is 1.91. The maximum atomic E-state index is 12.2. The second kappa shape index (κ2) is 7.70. The third kappa shape index (κ3) is 3.67. The van der Waals surface area contributed by atoms with Crippen molar-refractivity contribution in [3.63, 3.8) is 0 Å². The number of hydrogen-bond acceptors (Lipinski definition) is 5. The Kier molecular flexibility index (Phi) is 5.17. The molecule has 0 radical (unpaired) electrons. The molecule has 0 atom stereocenters. The lowest BCUT2D eigenvalue weighted by molar-refractivity contribution is -0.129.